The number of piperidine rings is 1. The van der Waals surface area contributed by atoms with Crippen LogP contribution in [0.5, 0.6) is 0 Å². The summed E-state index contributed by atoms with van der Waals surface area (Å²) in [5, 5.41) is 3.54. The number of rotatable bonds is 5. The van der Waals surface area contributed by atoms with Crippen LogP contribution >= 0.6 is 27.3 Å². The fraction of sp³-hybridized carbons (Fsp3) is 0.714. The highest BCUT2D eigenvalue weighted by Crippen LogP contribution is 2.32. The topological polar surface area (TPSA) is 15.3 Å². The third-order valence-electron chi connectivity index (χ3n) is 3.72. The average molecular weight is 331 g/mol. The van der Waals surface area contributed by atoms with E-state index in [1.165, 1.54) is 41.0 Å². The van der Waals surface area contributed by atoms with E-state index >= 15 is 0 Å². The second kappa shape index (κ2) is 7.04. The Morgan fingerprint density at radius 3 is 2.94 bits per heavy atom. The highest BCUT2D eigenvalue weighted by molar-refractivity contribution is 9.11. The molecule has 1 N–H and O–H groups in total. The highest BCUT2D eigenvalue weighted by atomic mass is 79.9. The van der Waals surface area contributed by atoms with Gasteiger partial charge in [-0.05, 0) is 67.3 Å². The minimum atomic E-state index is 0.533. The van der Waals surface area contributed by atoms with Gasteiger partial charge < -0.3 is 5.32 Å². The summed E-state index contributed by atoms with van der Waals surface area (Å²) in [6.45, 7) is 8.16. The van der Waals surface area contributed by atoms with Gasteiger partial charge in [0.1, 0.15) is 0 Å². The quantitative estimate of drug-likeness (QED) is 0.876. The molecular weight excluding hydrogens is 308 g/mol. The lowest BCUT2D eigenvalue weighted by atomic mass is 10.0. The van der Waals surface area contributed by atoms with Crippen LogP contribution in [0, 0.1) is 0 Å². The van der Waals surface area contributed by atoms with Crippen molar-refractivity contribution in [1.82, 2.24) is 10.2 Å². The van der Waals surface area contributed by atoms with Crippen LogP contribution in [0.25, 0.3) is 0 Å². The molecule has 0 aromatic carbocycles. The van der Waals surface area contributed by atoms with Crippen LogP contribution in [-0.4, -0.2) is 30.6 Å². The molecule has 2 rings (SSSR count). The first kappa shape index (κ1) is 14.5. The molecule has 2 nitrogen and oxygen atoms in total. The molecule has 2 atom stereocenters. The molecule has 0 bridgehead atoms. The summed E-state index contributed by atoms with van der Waals surface area (Å²) in [6.07, 6.45) is 3.88. The van der Waals surface area contributed by atoms with Crippen molar-refractivity contribution in [3.8, 4) is 0 Å². The Bertz CT molecular complexity index is 360. The largest absolute Gasteiger partial charge is 0.315 e. The minimum Gasteiger partial charge on any atom is -0.315 e. The Labute approximate surface area is 123 Å². The molecule has 4 heteroatoms. The fourth-order valence-corrected chi connectivity index (χ4v) is 4.28. The van der Waals surface area contributed by atoms with Gasteiger partial charge in [0.2, 0.25) is 0 Å². The smallest absolute Gasteiger partial charge is 0.0701 e. The molecule has 1 saturated heterocycles. The molecule has 2 heterocycles. The first-order chi connectivity index (χ1) is 8.72. The van der Waals surface area contributed by atoms with E-state index in [-0.39, 0.29) is 0 Å². The van der Waals surface area contributed by atoms with Crippen molar-refractivity contribution < 1.29 is 0 Å². The van der Waals surface area contributed by atoms with Gasteiger partial charge in [0.25, 0.3) is 0 Å². The molecule has 1 aliphatic rings. The van der Waals surface area contributed by atoms with Gasteiger partial charge in [0, 0.05) is 23.5 Å². The lowest BCUT2D eigenvalue weighted by Gasteiger charge is -2.38. The normalized spacial score (nSPS) is 22.3. The van der Waals surface area contributed by atoms with E-state index in [9.17, 15) is 0 Å². The third-order valence-corrected chi connectivity index (χ3v) is 5.52. The molecular formula is C14H23BrN2S. The summed E-state index contributed by atoms with van der Waals surface area (Å²) in [5.41, 5.74) is 0. The van der Waals surface area contributed by atoms with Gasteiger partial charge in [0.15, 0.2) is 0 Å². The van der Waals surface area contributed by atoms with Gasteiger partial charge in [-0.2, -0.15) is 0 Å². The van der Waals surface area contributed by atoms with Gasteiger partial charge in [-0.15, -0.1) is 11.3 Å². The predicted octanol–water partition coefficient (Wildman–Crippen LogP) is 4.04. The van der Waals surface area contributed by atoms with Crippen LogP contribution in [-0.2, 0) is 0 Å². The molecule has 0 spiro atoms. The van der Waals surface area contributed by atoms with E-state index in [2.05, 4.69) is 52.1 Å². The second-order valence-corrected chi connectivity index (χ2v) is 7.55. The Morgan fingerprint density at radius 2 is 2.39 bits per heavy atom. The second-order valence-electron chi connectivity index (χ2n) is 5.06. The molecule has 1 aromatic heterocycles. The standard InChI is InChI=1S/C14H23BrN2S/c1-3-9-17(12-5-4-8-16-10-12)11(2)13-6-7-14(15)18-13/h6-7,11-12,16H,3-5,8-10H2,1-2H3. The van der Waals surface area contributed by atoms with Crippen molar-refractivity contribution in [3.05, 3.63) is 20.8 Å². The lowest BCUT2D eigenvalue weighted by Crippen LogP contribution is -2.47. The SMILES string of the molecule is CCCN(C1CCCNC1)C(C)c1ccc(Br)s1. The summed E-state index contributed by atoms with van der Waals surface area (Å²) < 4.78 is 1.24. The Morgan fingerprint density at radius 1 is 1.56 bits per heavy atom. The van der Waals surface area contributed by atoms with Gasteiger partial charge in [0.05, 0.1) is 3.79 Å². The van der Waals surface area contributed by atoms with E-state index in [0.29, 0.717) is 12.1 Å². The van der Waals surface area contributed by atoms with Gasteiger partial charge in [-0.1, -0.05) is 6.92 Å². The number of nitrogens with one attached hydrogen (secondary N) is 1. The molecule has 18 heavy (non-hydrogen) atoms. The van der Waals surface area contributed by atoms with Crippen molar-refractivity contribution >= 4 is 27.3 Å². The summed E-state index contributed by atoms with van der Waals surface area (Å²) in [4.78, 5) is 4.16. The average Bonchev–Trinajstić information content (AvgIpc) is 2.83. The number of hydrogen-bond acceptors (Lipinski definition) is 3. The van der Waals surface area contributed by atoms with Crippen molar-refractivity contribution in [3.63, 3.8) is 0 Å². The fourth-order valence-electron chi connectivity index (χ4n) is 2.78. The van der Waals surface area contributed by atoms with E-state index in [4.69, 9.17) is 0 Å². The highest BCUT2D eigenvalue weighted by Gasteiger charge is 2.25. The zero-order chi connectivity index (χ0) is 13.0. The van der Waals surface area contributed by atoms with Crippen LogP contribution in [0.1, 0.15) is 44.0 Å². The van der Waals surface area contributed by atoms with Crippen molar-refractivity contribution in [2.45, 2.75) is 45.2 Å². The molecule has 0 aliphatic carbocycles. The van der Waals surface area contributed by atoms with E-state index < -0.39 is 0 Å². The summed E-state index contributed by atoms with van der Waals surface area (Å²) in [7, 11) is 0. The molecule has 0 amide bonds. The number of nitrogens with zero attached hydrogens (tertiary/aromatic N) is 1. The molecule has 1 aromatic rings. The van der Waals surface area contributed by atoms with Gasteiger partial charge in [-0.3, -0.25) is 4.90 Å². The molecule has 1 fully saturated rings. The van der Waals surface area contributed by atoms with Crippen molar-refractivity contribution in [2.24, 2.45) is 0 Å². The first-order valence-electron chi connectivity index (χ1n) is 6.94. The van der Waals surface area contributed by atoms with Crippen molar-refractivity contribution in [1.29, 1.82) is 0 Å². The Hall–Kier alpha value is 0.1000. The third kappa shape index (κ3) is 3.56. The molecule has 0 radical (unpaired) electrons. The van der Waals surface area contributed by atoms with Crippen LogP contribution < -0.4 is 5.32 Å². The van der Waals surface area contributed by atoms with Crippen molar-refractivity contribution in [2.75, 3.05) is 19.6 Å². The van der Waals surface area contributed by atoms with E-state index in [0.717, 1.165) is 6.54 Å². The minimum absolute atomic E-state index is 0.533. The van der Waals surface area contributed by atoms with Gasteiger partial charge in [-0.25, -0.2) is 0 Å². The van der Waals surface area contributed by atoms with Gasteiger partial charge >= 0.3 is 0 Å². The van der Waals surface area contributed by atoms with Crippen LogP contribution in [0.3, 0.4) is 0 Å². The summed E-state index contributed by atoms with van der Waals surface area (Å²) in [6, 6.07) is 5.67. The molecule has 102 valence electrons. The lowest BCUT2D eigenvalue weighted by molar-refractivity contribution is 0.122. The number of thiophene rings is 1. The Kier molecular flexibility index (Phi) is 5.67. The maximum absolute atomic E-state index is 3.57. The maximum atomic E-state index is 3.57. The monoisotopic (exact) mass is 330 g/mol. The predicted molar refractivity (Wildman–Crippen MR) is 83.3 cm³/mol. The first-order valence-corrected chi connectivity index (χ1v) is 8.55. The summed E-state index contributed by atoms with van der Waals surface area (Å²) >= 11 is 5.44. The maximum Gasteiger partial charge on any atom is 0.0701 e. The molecule has 2 unspecified atom stereocenters. The zero-order valence-corrected chi connectivity index (χ0v) is 13.7. The summed E-state index contributed by atoms with van der Waals surface area (Å²) in [5.74, 6) is 0. The van der Waals surface area contributed by atoms with Crippen LogP contribution in [0.4, 0.5) is 0 Å². The van der Waals surface area contributed by atoms with Crippen LogP contribution in [0.2, 0.25) is 0 Å². The molecule has 0 saturated carbocycles. The van der Waals surface area contributed by atoms with E-state index in [1.54, 1.807) is 0 Å². The molecule has 1 aliphatic heterocycles. The van der Waals surface area contributed by atoms with E-state index in [1.807, 2.05) is 11.3 Å². The number of hydrogen-bond donors (Lipinski definition) is 1. The van der Waals surface area contributed by atoms with Crippen LogP contribution in [0.15, 0.2) is 15.9 Å². The number of halogens is 1. The Balaban J connectivity index is 2.08. The zero-order valence-electron chi connectivity index (χ0n) is 11.3.